The van der Waals surface area contributed by atoms with Crippen molar-refractivity contribution in [1.29, 1.82) is 0 Å². The number of ether oxygens (including phenoxy) is 1. The summed E-state index contributed by atoms with van der Waals surface area (Å²) < 4.78 is 5.68. The largest absolute Gasteiger partial charge is 0.376 e. The van der Waals surface area contributed by atoms with Gasteiger partial charge in [-0.1, -0.05) is 0 Å². The van der Waals surface area contributed by atoms with Crippen molar-refractivity contribution < 1.29 is 4.74 Å². The van der Waals surface area contributed by atoms with E-state index in [1.165, 1.54) is 6.42 Å². The average molecular weight is 229 g/mol. The minimum atomic E-state index is 0.0618. The molecule has 1 heterocycles. The van der Waals surface area contributed by atoms with Crippen molar-refractivity contribution in [3.05, 3.63) is 0 Å². The molecule has 2 N–H and O–H groups in total. The molecule has 0 aliphatic carbocycles. The van der Waals surface area contributed by atoms with E-state index >= 15 is 0 Å². The number of hydrogen-bond donors (Lipinski definition) is 1. The first-order valence-electron chi connectivity index (χ1n) is 6.20. The van der Waals surface area contributed by atoms with Crippen molar-refractivity contribution in [3.8, 4) is 0 Å². The third kappa shape index (κ3) is 2.94. The molecule has 0 aromatic carbocycles. The van der Waals surface area contributed by atoms with Crippen LogP contribution in [0.15, 0.2) is 0 Å². The summed E-state index contributed by atoms with van der Waals surface area (Å²) in [4.78, 5) is 4.62. The lowest BCUT2D eigenvalue weighted by molar-refractivity contribution is 0.0272. The summed E-state index contributed by atoms with van der Waals surface area (Å²) in [6.07, 6.45) is 2.49. The molecule has 0 spiro atoms. The Morgan fingerprint density at radius 1 is 1.31 bits per heavy atom. The van der Waals surface area contributed by atoms with Crippen LogP contribution in [-0.2, 0) is 4.74 Å². The van der Waals surface area contributed by atoms with Crippen molar-refractivity contribution in [3.63, 3.8) is 0 Å². The third-order valence-electron chi connectivity index (χ3n) is 3.87. The Morgan fingerprint density at radius 2 is 2.00 bits per heavy atom. The summed E-state index contributed by atoms with van der Waals surface area (Å²) in [5.41, 5.74) is 6.02. The van der Waals surface area contributed by atoms with Gasteiger partial charge in [0.05, 0.1) is 11.6 Å². The third-order valence-corrected chi connectivity index (χ3v) is 3.87. The van der Waals surface area contributed by atoms with Gasteiger partial charge in [-0.3, -0.25) is 4.90 Å². The fraction of sp³-hybridized carbons (Fsp3) is 1.00. The predicted octanol–water partition coefficient (Wildman–Crippen LogP) is 0.376. The van der Waals surface area contributed by atoms with Crippen LogP contribution in [0.2, 0.25) is 0 Å². The monoisotopic (exact) mass is 229 g/mol. The lowest BCUT2D eigenvalue weighted by Crippen LogP contribution is -2.57. The first-order valence-corrected chi connectivity index (χ1v) is 6.20. The van der Waals surface area contributed by atoms with E-state index in [1.807, 2.05) is 0 Å². The van der Waals surface area contributed by atoms with Gasteiger partial charge in [0, 0.05) is 13.2 Å². The number of rotatable bonds is 6. The van der Waals surface area contributed by atoms with E-state index in [2.05, 4.69) is 37.9 Å². The first kappa shape index (κ1) is 13.9. The van der Waals surface area contributed by atoms with Crippen molar-refractivity contribution in [2.75, 3.05) is 47.4 Å². The minimum Gasteiger partial charge on any atom is -0.376 e. The van der Waals surface area contributed by atoms with Crippen LogP contribution in [-0.4, -0.2) is 68.8 Å². The number of likely N-dealkylation sites (N-methyl/N-ethyl adjacent to an activating group) is 1. The lowest BCUT2D eigenvalue weighted by Gasteiger charge is -2.40. The van der Waals surface area contributed by atoms with Gasteiger partial charge in [-0.25, -0.2) is 0 Å². The molecule has 1 rings (SSSR count). The fourth-order valence-electron chi connectivity index (χ4n) is 2.54. The highest BCUT2D eigenvalue weighted by molar-refractivity contribution is 4.99. The van der Waals surface area contributed by atoms with Crippen LogP contribution < -0.4 is 5.73 Å². The molecule has 4 nitrogen and oxygen atoms in total. The van der Waals surface area contributed by atoms with Gasteiger partial charge in [0.25, 0.3) is 0 Å². The Morgan fingerprint density at radius 3 is 2.44 bits per heavy atom. The van der Waals surface area contributed by atoms with Crippen LogP contribution in [0, 0.1) is 0 Å². The molecule has 2 unspecified atom stereocenters. The maximum absolute atomic E-state index is 5.96. The highest BCUT2D eigenvalue weighted by Crippen LogP contribution is 2.30. The Bertz CT molecular complexity index is 210. The van der Waals surface area contributed by atoms with E-state index in [1.54, 1.807) is 0 Å². The summed E-state index contributed by atoms with van der Waals surface area (Å²) in [5, 5.41) is 0. The zero-order chi connectivity index (χ0) is 12.2. The molecule has 0 bridgehead atoms. The van der Waals surface area contributed by atoms with E-state index in [9.17, 15) is 0 Å². The number of nitrogens with two attached hydrogens (primary N) is 1. The Hall–Kier alpha value is -0.160. The van der Waals surface area contributed by atoms with Crippen molar-refractivity contribution in [2.24, 2.45) is 5.73 Å². The van der Waals surface area contributed by atoms with E-state index in [-0.39, 0.29) is 11.6 Å². The molecular formula is C12H27N3O. The normalized spacial score (nSPS) is 30.6. The number of nitrogens with zero attached hydrogens (tertiary/aromatic N) is 2. The van der Waals surface area contributed by atoms with Crippen molar-refractivity contribution >= 4 is 0 Å². The van der Waals surface area contributed by atoms with Crippen LogP contribution in [0.3, 0.4) is 0 Å². The van der Waals surface area contributed by atoms with Crippen LogP contribution in [0.25, 0.3) is 0 Å². The van der Waals surface area contributed by atoms with Gasteiger partial charge >= 0.3 is 0 Å². The molecule has 0 aromatic rings. The maximum Gasteiger partial charge on any atom is 0.0743 e. The smallest absolute Gasteiger partial charge is 0.0743 e. The molecule has 0 radical (unpaired) electrons. The second-order valence-corrected chi connectivity index (χ2v) is 5.15. The van der Waals surface area contributed by atoms with Gasteiger partial charge in [-0.2, -0.15) is 0 Å². The van der Waals surface area contributed by atoms with E-state index in [0.717, 1.165) is 26.1 Å². The summed E-state index contributed by atoms with van der Waals surface area (Å²) in [6.45, 7) is 5.88. The van der Waals surface area contributed by atoms with Crippen molar-refractivity contribution in [1.82, 2.24) is 9.80 Å². The summed E-state index contributed by atoms with van der Waals surface area (Å²) in [5.74, 6) is 0. The quantitative estimate of drug-likeness (QED) is 0.715. The second-order valence-electron chi connectivity index (χ2n) is 5.15. The Kier molecular flexibility index (Phi) is 5.18. The lowest BCUT2D eigenvalue weighted by atomic mass is 9.90. The molecule has 0 aromatic heterocycles. The van der Waals surface area contributed by atoms with Gasteiger partial charge < -0.3 is 15.4 Å². The van der Waals surface area contributed by atoms with E-state index in [0.29, 0.717) is 6.54 Å². The molecule has 1 aliphatic rings. The zero-order valence-electron chi connectivity index (χ0n) is 11.2. The molecule has 0 saturated carbocycles. The highest BCUT2D eigenvalue weighted by atomic mass is 16.5. The topological polar surface area (TPSA) is 41.7 Å². The SMILES string of the molecule is CC1OCCC1(CN)N(C)CCCN(C)C. The highest BCUT2D eigenvalue weighted by Gasteiger charge is 2.43. The van der Waals surface area contributed by atoms with Gasteiger partial charge in [0.15, 0.2) is 0 Å². The average Bonchev–Trinajstić information content (AvgIpc) is 2.60. The molecule has 2 atom stereocenters. The standard InChI is InChI=1S/C12H27N3O/c1-11-12(10-13,6-9-16-11)15(4)8-5-7-14(2)3/h11H,5-10,13H2,1-4H3. The maximum atomic E-state index is 5.96. The Balaban J connectivity index is 2.46. The molecule has 1 saturated heterocycles. The van der Waals surface area contributed by atoms with Crippen LogP contribution in [0.1, 0.15) is 19.8 Å². The summed E-state index contributed by atoms with van der Waals surface area (Å²) in [7, 11) is 6.40. The van der Waals surface area contributed by atoms with Gasteiger partial charge in [0.1, 0.15) is 0 Å². The fourth-order valence-corrected chi connectivity index (χ4v) is 2.54. The summed E-state index contributed by atoms with van der Waals surface area (Å²) >= 11 is 0. The van der Waals surface area contributed by atoms with E-state index in [4.69, 9.17) is 10.5 Å². The van der Waals surface area contributed by atoms with Gasteiger partial charge in [0.2, 0.25) is 0 Å². The van der Waals surface area contributed by atoms with E-state index < -0.39 is 0 Å². The van der Waals surface area contributed by atoms with Crippen molar-refractivity contribution in [2.45, 2.75) is 31.4 Å². The Labute approximate surface area is 99.7 Å². The molecule has 0 amide bonds. The van der Waals surface area contributed by atoms with Crippen LogP contribution >= 0.6 is 0 Å². The molecule has 4 heteroatoms. The summed E-state index contributed by atoms with van der Waals surface area (Å²) in [6, 6.07) is 0. The minimum absolute atomic E-state index is 0.0618. The first-order chi connectivity index (χ1) is 7.53. The molecule has 16 heavy (non-hydrogen) atoms. The number of hydrogen-bond acceptors (Lipinski definition) is 4. The van der Waals surface area contributed by atoms with Gasteiger partial charge in [-0.15, -0.1) is 0 Å². The molecule has 1 aliphatic heterocycles. The second kappa shape index (κ2) is 5.96. The molecular weight excluding hydrogens is 202 g/mol. The van der Waals surface area contributed by atoms with Crippen LogP contribution in [0.5, 0.6) is 0 Å². The molecule has 96 valence electrons. The zero-order valence-corrected chi connectivity index (χ0v) is 11.2. The van der Waals surface area contributed by atoms with Crippen LogP contribution in [0.4, 0.5) is 0 Å². The molecule has 1 fully saturated rings. The predicted molar refractivity (Wildman–Crippen MR) is 67.6 cm³/mol. The van der Waals surface area contributed by atoms with Gasteiger partial charge in [-0.05, 0) is 54.0 Å².